The monoisotopic (exact) mass is 417 g/mol. The summed E-state index contributed by atoms with van der Waals surface area (Å²) in [5, 5.41) is 0. The first-order valence-corrected chi connectivity index (χ1v) is 9.62. The van der Waals surface area contributed by atoms with Gasteiger partial charge < -0.3 is 9.64 Å². The summed E-state index contributed by atoms with van der Waals surface area (Å²) >= 11 is 3.53. The molecule has 1 amide bonds. The highest BCUT2D eigenvalue weighted by Gasteiger charge is 2.20. The standard InChI is InChI=1S/C21H24BrNO3/c1-3-16-9-5-7-11-18(16)21(25)23(14-13-20(24)26-4-2)15-17-10-6-8-12-19(17)22/h5-12H,3-4,13-15H2,1-2H3. The number of hydrogen-bond acceptors (Lipinski definition) is 3. The van der Waals surface area contributed by atoms with Crippen LogP contribution in [0.25, 0.3) is 0 Å². The third-order valence-electron chi connectivity index (χ3n) is 4.13. The second-order valence-electron chi connectivity index (χ2n) is 5.88. The van der Waals surface area contributed by atoms with E-state index in [1.807, 2.05) is 55.5 Å². The fourth-order valence-corrected chi connectivity index (χ4v) is 3.16. The summed E-state index contributed by atoms with van der Waals surface area (Å²) in [5.41, 5.74) is 2.69. The molecule has 5 heteroatoms. The highest BCUT2D eigenvalue weighted by atomic mass is 79.9. The van der Waals surface area contributed by atoms with Crippen LogP contribution in [0.3, 0.4) is 0 Å². The molecule has 2 rings (SSSR count). The topological polar surface area (TPSA) is 46.6 Å². The average Bonchev–Trinajstić information content (AvgIpc) is 2.66. The van der Waals surface area contributed by atoms with Crippen LogP contribution in [0.5, 0.6) is 0 Å². The van der Waals surface area contributed by atoms with Gasteiger partial charge in [-0.3, -0.25) is 9.59 Å². The van der Waals surface area contributed by atoms with E-state index in [2.05, 4.69) is 15.9 Å². The molecule has 2 aromatic carbocycles. The Hall–Kier alpha value is -2.14. The van der Waals surface area contributed by atoms with E-state index >= 15 is 0 Å². The third-order valence-corrected chi connectivity index (χ3v) is 4.90. The van der Waals surface area contributed by atoms with Crippen molar-refractivity contribution in [1.29, 1.82) is 0 Å². The minimum atomic E-state index is -0.291. The van der Waals surface area contributed by atoms with Crippen molar-refractivity contribution < 1.29 is 14.3 Å². The van der Waals surface area contributed by atoms with Crippen LogP contribution in [-0.4, -0.2) is 29.9 Å². The normalized spacial score (nSPS) is 10.4. The second kappa shape index (κ2) is 10.1. The lowest BCUT2D eigenvalue weighted by Crippen LogP contribution is -2.33. The lowest BCUT2D eigenvalue weighted by molar-refractivity contribution is -0.143. The van der Waals surface area contributed by atoms with E-state index < -0.39 is 0 Å². The molecule has 0 unspecified atom stereocenters. The summed E-state index contributed by atoms with van der Waals surface area (Å²) in [7, 11) is 0. The minimum Gasteiger partial charge on any atom is -0.466 e. The van der Waals surface area contributed by atoms with Gasteiger partial charge in [0.05, 0.1) is 13.0 Å². The molecule has 2 aromatic rings. The number of carbonyl (C=O) groups is 2. The Morgan fingerprint density at radius 1 is 1.00 bits per heavy atom. The summed E-state index contributed by atoms with van der Waals surface area (Å²) in [4.78, 5) is 26.7. The van der Waals surface area contributed by atoms with Crippen molar-refractivity contribution in [3.05, 3.63) is 69.7 Å². The molecule has 0 aromatic heterocycles. The Labute approximate surface area is 163 Å². The van der Waals surface area contributed by atoms with Gasteiger partial charge in [-0.1, -0.05) is 59.3 Å². The van der Waals surface area contributed by atoms with Gasteiger partial charge in [-0.05, 0) is 36.6 Å². The molecule has 138 valence electrons. The molecule has 0 radical (unpaired) electrons. The van der Waals surface area contributed by atoms with Gasteiger partial charge in [0.25, 0.3) is 5.91 Å². The molecule has 0 N–H and O–H groups in total. The number of ether oxygens (including phenoxy) is 1. The van der Waals surface area contributed by atoms with Gasteiger partial charge in [-0.25, -0.2) is 0 Å². The first-order chi connectivity index (χ1) is 12.6. The van der Waals surface area contributed by atoms with E-state index in [4.69, 9.17) is 4.74 Å². The van der Waals surface area contributed by atoms with Gasteiger partial charge in [-0.15, -0.1) is 0 Å². The molecule has 0 aliphatic heterocycles. The number of halogens is 1. The Morgan fingerprint density at radius 2 is 1.65 bits per heavy atom. The number of amides is 1. The molecule has 0 bridgehead atoms. The van der Waals surface area contributed by atoms with E-state index in [9.17, 15) is 9.59 Å². The lowest BCUT2D eigenvalue weighted by atomic mass is 10.0. The molecule has 0 saturated heterocycles. The molecule has 0 spiro atoms. The summed E-state index contributed by atoms with van der Waals surface area (Å²) in [6, 6.07) is 15.4. The molecule has 0 aliphatic rings. The first kappa shape index (κ1) is 20.2. The van der Waals surface area contributed by atoms with E-state index in [0.717, 1.165) is 22.0 Å². The number of nitrogens with zero attached hydrogens (tertiary/aromatic N) is 1. The number of aryl methyl sites for hydroxylation is 1. The Kier molecular flexibility index (Phi) is 7.85. The molecule has 0 aliphatic carbocycles. The van der Waals surface area contributed by atoms with Crippen molar-refractivity contribution in [2.75, 3.05) is 13.2 Å². The Balaban J connectivity index is 2.25. The van der Waals surface area contributed by atoms with Gasteiger partial charge in [0, 0.05) is 23.1 Å². The number of esters is 1. The van der Waals surface area contributed by atoms with E-state index in [0.29, 0.717) is 25.3 Å². The third kappa shape index (κ3) is 5.43. The predicted octanol–water partition coefficient (Wildman–Crippen LogP) is 4.61. The van der Waals surface area contributed by atoms with Crippen LogP contribution in [0.15, 0.2) is 53.0 Å². The zero-order valence-electron chi connectivity index (χ0n) is 15.2. The molecular weight excluding hydrogens is 394 g/mol. The van der Waals surface area contributed by atoms with Crippen LogP contribution in [0.4, 0.5) is 0 Å². The van der Waals surface area contributed by atoms with E-state index in [1.54, 1.807) is 11.8 Å². The summed E-state index contributed by atoms with van der Waals surface area (Å²) in [6.45, 7) is 4.90. The summed E-state index contributed by atoms with van der Waals surface area (Å²) < 4.78 is 5.95. The average molecular weight is 418 g/mol. The largest absolute Gasteiger partial charge is 0.466 e. The van der Waals surface area contributed by atoms with Gasteiger partial charge in [0.1, 0.15) is 0 Å². The Bertz CT molecular complexity index is 760. The van der Waals surface area contributed by atoms with Crippen LogP contribution in [0.1, 0.15) is 41.8 Å². The van der Waals surface area contributed by atoms with Crippen LogP contribution < -0.4 is 0 Å². The van der Waals surface area contributed by atoms with Gasteiger partial charge >= 0.3 is 5.97 Å². The summed E-state index contributed by atoms with van der Waals surface area (Å²) in [6.07, 6.45) is 0.959. The maximum Gasteiger partial charge on any atom is 0.307 e. The SMILES string of the molecule is CCOC(=O)CCN(Cc1ccccc1Br)C(=O)c1ccccc1CC. The first-order valence-electron chi connectivity index (χ1n) is 8.83. The number of benzene rings is 2. The second-order valence-corrected chi connectivity index (χ2v) is 6.74. The van der Waals surface area contributed by atoms with Gasteiger partial charge in [0.2, 0.25) is 0 Å². The van der Waals surface area contributed by atoms with Crippen molar-refractivity contribution in [1.82, 2.24) is 4.90 Å². The van der Waals surface area contributed by atoms with Crippen LogP contribution >= 0.6 is 15.9 Å². The van der Waals surface area contributed by atoms with E-state index in [1.165, 1.54) is 0 Å². The van der Waals surface area contributed by atoms with Gasteiger partial charge in [-0.2, -0.15) is 0 Å². The van der Waals surface area contributed by atoms with Gasteiger partial charge in [0.15, 0.2) is 0 Å². The van der Waals surface area contributed by atoms with Crippen molar-refractivity contribution in [2.45, 2.75) is 33.2 Å². The van der Waals surface area contributed by atoms with Crippen LogP contribution in [0.2, 0.25) is 0 Å². The molecule has 4 nitrogen and oxygen atoms in total. The zero-order valence-corrected chi connectivity index (χ0v) is 16.8. The number of rotatable bonds is 8. The summed E-state index contributed by atoms with van der Waals surface area (Å²) in [5.74, 6) is -0.358. The highest BCUT2D eigenvalue weighted by Crippen LogP contribution is 2.20. The van der Waals surface area contributed by atoms with Crippen molar-refractivity contribution >= 4 is 27.8 Å². The molecule has 0 atom stereocenters. The van der Waals surface area contributed by atoms with Crippen molar-refractivity contribution in [3.63, 3.8) is 0 Å². The molecule has 26 heavy (non-hydrogen) atoms. The maximum atomic E-state index is 13.2. The fourth-order valence-electron chi connectivity index (χ4n) is 2.75. The fraction of sp³-hybridized carbons (Fsp3) is 0.333. The predicted molar refractivity (Wildman–Crippen MR) is 106 cm³/mol. The van der Waals surface area contributed by atoms with E-state index in [-0.39, 0.29) is 18.3 Å². The lowest BCUT2D eigenvalue weighted by Gasteiger charge is -2.24. The van der Waals surface area contributed by atoms with Crippen LogP contribution in [0, 0.1) is 0 Å². The zero-order chi connectivity index (χ0) is 18.9. The molecule has 0 heterocycles. The van der Waals surface area contributed by atoms with Crippen molar-refractivity contribution in [3.8, 4) is 0 Å². The minimum absolute atomic E-state index is 0.0671. The molecular formula is C21H24BrNO3. The Morgan fingerprint density at radius 3 is 2.31 bits per heavy atom. The quantitative estimate of drug-likeness (QED) is 0.589. The number of carbonyl (C=O) groups excluding carboxylic acids is 2. The molecule has 0 saturated carbocycles. The maximum absolute atomic E-state index is 13.2. The van der Waals surface area contributed by atoms with Crippen LogP contribution in [-0.2, 0) is 22.5 Å². The molecule has 0 fully saturated rings. The highest BCUT2D eigenvalue weighted by molar-refractivity contribution is 9.10. The number of hydrogen-bond donors (Lipinski definition) is 0. The van der Waals surface area contributed by atoms with Crippen molar-refractivity contribution in [2.24, 2.45) is 0 Å². The smallest absolute Gasteiger partial charge is 0.307 e.